The molecule has 1 aliphatic carbocycles. The Balaban J connectivity index is 1.87. The zero-order valence-corrected chi connectivity index (χ0v) is 10.2. The van der Waals surface area contributed by atoms with Gasteiger partial charge in [0.1, 0.15) is 11.5 Å². The zero-order valence-electron chi connectivity index (χ0n) is 10.2. The molecule has 6 nitrogen and oxygen atoms in total. The van der Waals surface area contributed by atoms with Crippen LogP contribution in [-0.2, 0) is 11.8 Å². The summed E-state index contributed by atoms with van der Waals surface area (Å²) in [6, 6.07) is 1.82. The molecule has 6 heteroatoms. The molecule has 1 fully saturated rings. The van der Waals surface area contributed by atoms with Gasteiger partial charge in [-0.15, -0.1) is 0 Å². The van der Waals surface area contributed by atoms with Crippen molar-refractivity contribution >= 4 is 5.78 Å². The van der Waals surface area contributed by atoms with Gasteiger partial charge in [0, 0.05) is 19.7 Å². The van der Waals surface area contributed by atoms with E-state index in [4.69, 9.17) is 4.52 Å². The van der Waals surface area contributed by atoms with Crippen LogP contribution in [0, 0.1) is 0 Å². The number of aromatic nitrogens is 4. The summed E-state index contributed by atoms with van der Waals surface area (Å²) in [5.41, 5.74) is 0.663. The summed E-state index contributed by atoms with van der Waals surface area (Å²) in [6.07, 6.45) is 5.25. The van der Waals surface area contributed by atoms with Crippen molar-refractivity contribution in [2.45, 2.75) is 31.6 Å². The summed E-state index contributed by atoms with van der Waals surface area (Å²) in [6.45, 7) is 0. The first kappa shape index (κ1) is 11.1. The molecule has 0 aromatic carbocycles. The van der Waals surface area contributed by atoms with E-state index < -0.39 is 0 Å². The summed E-state index contributed by atoms with van der Waals surface area (Å²) in [4.78, 5) is 16.1. The highest BCUT2D eigenvalue weighted by molar-refractivity contribution is 5.85. The van der Waals surface area contributed by atoms with Crippen LogP contribution < -0.4 is 0 Å². The molecule has 18 heavy (non-hydrogen) atoms. The molecule has 1 atom stereocenters. The van der Waals surface area contributed by atoms with Crippen molar-refractivity contribution in [2.24, 2.45) is 7.05 Å². The van der Waals surface area contributed by atoms with E-state index in [-0.39, 0.29) is 11.7 Å². The average Bonchev–Trinajstić information content (AvgIpc) is 2.98. The van der Waals surface area contributed by atoms with Gasteiger partial charge in [0.25, 0.3) is 0 Å². The van der Waals surface area contributed by atoms with Crippen molar-refractivity contribution < 1.29 is 9.32 Å². The fourth-order valence-corrected chi connectivity index (χ4v) is 2.26. The van der Waals surface area contributed by atoms with Crippen LogP contribution >= 0.6 is 0 Å². The Kier molecular flexibility index (Phi) is 2.70. The molecule has 1 saturated carbocycles. The third-order valence-corrected chi connectivity index (χ3v) is 3.24. The molecule has 1 unspecified atom stereocenters. The van der Waals surface area contributed by atoms with Gasteiger partial charge in [-0.1, -0.05) is 11.6 Å². The Bertz CT molecular complexity index is 572. The van der Waals surface area contributed by atoms with E-state index in [1.54, 1.807) is 4.68 Å². The molecule has 2 aromatic rings. The van der Waals surface area contributed by atoms with Crippen molar-refractivity contribution in [1.29, 1.82) is 0 Å². The average molecular weight is 246 g/mol. The second kappa shape index (κ2) is 4.36. The quantitative estimate of drug-likeness (QED) is 0.806. The Labute approximate surface area is 104 Å². The van der Waals surface area contributed by atoms with E-state index in [1.165, 1.54) is 0 Å². The Hall–Kier alpha value is -1.98. The largest absolute Gasteiger partial charge is 0.338 e. The molecule has 0 spiro atoms. The molecule has 0 bridgehead atoms. The van der Waals surface area contributed by atoms with Gasteiger partial charge in [0.2, 0.25) is 11.7 Å². The van der Waals surface area contributed by atoms with Gasteiger partial charge in [0.05, 0.1) is 5.92 Å². The third kappa shape index (κ3) is 1.94. The third-order valence-electron chi connectivity index (χ3n) is 3.24. The predicted molar refractivity (Wildman–Crippen MR) is 62.7 cm³/mol. The maximum atomic E-state index is 11.8. The number of hydrogen-bond donors (Lipinski definition) is 0. The highest BCUT2D eigenvalue weighted by Crippen LogP contribution is 2.29. The lowest BCUT2D eigenvalue weighted by Crippen LogP contribution is -2.17. The molecule has 1 aliphatic rings. The summed E-state index contributed by atoms with van der Waals surface area (Å²) in [5.74, 6) is 0.866. The number of ketones is 1. The number of hydrogen-bond acceptors (Lipinski definition) is 5. The molecule has 0 N–H and O–H groups in total. The van der Waals surface area contributed by atoms with Crippen molar-refractivity contribution in [3.05, 3.63) is 18.2 Å². The predicted octanol–water partition coefficient (Wildman–Crippen LogP) is 1.70. The van der Waals surface area contributed by atoms with Crippen molar-refractivity contribution in [3.8, 4) is 11.5 Å². The maximum Gasteiger partial charge on any atom is 0.237 e. The van der Waals surface area contributed by atoms with Crippen LogP contribution in [-0.4, -0.2) is 25.7 Å². The molecule has 94 valence electrons. The summed E-state index contributed by atoms with van der Waals surface area (Å²) in [7, 11) is 1.83. The second-order valence-corrected chi connectivity index (χ2v) is 4.60. The molecule has 3 rings (SSSR count). The number of nitrogens with zero attached hydrogens (tertiary/aromatic N) is 4. The molecular formula is C12H14N4O2. The summed E-state index contributed by atoms with van der Waals surface area (Å²) in [5, 5.41) is 8.10. The van der Waals surface area contributed by atoms with Gasteiger partial charge >= 0.3 is 0 Å². The van der Waals surface area contributed by atoms with E-state index in [0.717, 1.165) is 19.3 Å². The number of aryl methyl sites for hydroxylation is 1. The van der Waals surface area contributed by atoms with Gasteiger partial charge in [-0.3, -0.25) is 9.48 Å². The van der Waals surface area contributed by atoms with Gasteiger partial charge in [0.15, 0.2) is 0 Å². The zero-order chi connectivity index (χ0) is 12.5. The normalized spacial score (nSPS) is 20.3. The maximum absolute atomic E-state index is 11.8. The SMILES string of the molecule is Cn1ccc(-c2noc(C3CCCCC3=O)n2)n1. The molecular weight excluding hydrogens is 232 g/mol. The molecule has 0 saturated heterocycles. The first-order chi connectivity index (χ1) is 8.74. The van der Waals surface area contributed by atoms with Crippen LogP contribution in [0.4, 0.5) is 0 Å². The molecule has 2 aromatic heterocycles. The fraction of sp³-hybridized carbons (Fsp3) is 0.500. The first-order valence-corrected chi connectivity index (χ1v) is 6.10. The molecule has 0 aliphatic heterocycles. The minimum Gasteiger partial charge on any atom is -0.338 e. The Morgan fingerprint density at radius 2 is 2.33 bits per heavy atom. The van der Waals surface area contributed by atoms with E-state index in [1.807, 2.05) is 19.3 Å². The van der Waals surface area contributed by atoms with Gasteiger partial charge < -0.3 is 4.52 Å². The van der Waals surface area contributed by atoms with E-state index in [2.05, 4.69) is 15.2 Å². The Morgan fingerprint density at radius 1 is 1.44 bits per heavy atom. The minimum absolute atomic E-state index is 0.206. The molecule has 0 radical (unpaired) electrons. The van der Waals surface area contributed by atoms with E-state index in [9.17, 15) is 4.79 Å². The minimum atomic E-state index is -0.219. The van der Waals surface area contributed by atoms with Crippen LogP contribution in [0.5, 0.6) is 0 Å². The van der Waals surface area contributed by atoms with E-state index in [0.29, 0.717) is 23.8 Å². The lowest BCUT2D eigenvalue weighted by Gasteiger charge is -2.16. The number of rotatable bonds is 2. The smallest absolute Gasteiger partial charge is 0.237 e. The van der Waals surface area contributed by atoms with Crippen molar-refractivity contribution in [1.82, 2.24) is 19.9 Å². The van der Waals surface area contributed by atoms with Crippen LogP contribution in [0.15, 0.2) is 16.8 Å². The molecule has 0 amide bonds. The van der Waals surface area contributed by atoms with Crippen LogP contribution in [0.2, 0.25) is 0 Å². The number of carbonyl (C=O) groups is 1. The van der Waals surface area contributed by atoms with Crippen molar-refractivity contribution in [2.75, 3.05) is 0 Å². The number of carbonyl (C=O) groups excluding carboxylic acids is 1. The fourth-order valence-electron chi connectivity index (χ4n) is 2.26. The first-order valence-electron chi connectivity index (χ1n) is 6.10. The number of Topliss-reactive ketones (excluding diaryl/α,β-unsaturated/α-hetero) is 1. The summed E-state index contributed by atoms with van der Waals surface area (Å²) < 4.78 is 6.88. The topological polar surface area (TPSA) is 73.8 Å². The lowest BCUT2D eigenvalue weighted by molar-refractivity contribution is -0.122. The van der Waals surface area contributed by atoms with E-state index >= 15 is 0 Å². The van der Waals surface area contributed by atoms with Crippen LogP contribution in [0.25, 0.3) is 11.5 Å². The van der Waals surface area contributed by atoms with Crippen LogP contribution in [0.1, 0.15) is 37.5 Å². The lowest BCUT2D eigenvalue weighted by atomic mass is 9.88. The highest BCUT2D eigenvalue weighted by Gasteiger charge is 2.29. The Morgan fingerprint density at radius 3 is 3.06 bits per heavy atom. The molecule has 2 heterocycles. The van der Waals surface area contributed by atoms with Gasteiger partial charge in [-0.25, -0.2) is 0 Å². The van der Waals surface area contributed by atoms with Gasteiger partial charge in [-0.2, -0.15) is 10.1 Å². The second-order valence-electron chi connectivity index (χ2n) is 4.60. The van der Waals surface area contributed by atoms with Gasteiger partial charge in [-0.05, 0) is 18.9 Å². The van der Waals surface area contributed by atoms with Crippen LogP contribution in [0.3, 0.4) is 0 Å². The highest BCUT2D eigenvalue weighted by atomic mass is 16.5. The standard InChI is InChI=1S/C12H14N4O2/c1-16-7-6-9(14-16)11-13-12(18-15-11)8-4-2-3-5-10(8)17/h6-8H,2-5H2,1H3. The summed E-state index contributed by atoms with van der Waals surface area (Å²) >= 11 is 0. The monoisotopic (exact) mass is 246 g/mol. The van der Waals surface area contributed by atoms with Crippen molar-refractivity contribution in [3.63, 3.8) is 0 Å².